The molecule has 1 aliphatic heterocycles. The van der Waals surface area contributed by atoms with Gasteiger partial charge in [0.25, 0.3) is 5.91 Å². The minimum absolute atomic E-state index is 0.0191. The topological polar surface area (TPSA) is 53.5 Å². The number of guanidine groups is 1. The van der Waals surface area contributed by atoms with Crippen molar-refractivity contribution in [1.82, 2.24) is 10.6 Å². The van der Waals surface area contributed by atoms with Crippen molar-refractivity contribution < 1.29 is 4.79 Å². The van der Waals surface area contributed by atoms with Gasteiger partial charge in [0.2, 0.25) is 0 Å². The molecule has 1 aliphatic rings. The van der Waals surface area contributed by atoms with E-state index in [1.165, 1.54) is 4.88 Å². The second-order valence-electron chi connectivity index (χ2n) is 4.60. The second kappa shape index (κ2) is 4.87. The summed E-state index contributed by atoms with van der Waals surface area (Å²) in [5, 5.41) is 5.90. The highest BCUT2D eigenvalue weighted by molar-refractivity contribution is 7.12. The zero-order valence-electron chi connectivity index (χ0n) is 10.3. The Morgan fingerprint density at radius 2 is 2.24 bits per heavy atom. The average Bonchev–Trinajstić information content (AvgIpc) is 2.82. The second-order valence-corrected chi connectivity index (χ2v) is 5.92. The fourth-order valence-corrected chi connectivity index (χ4v) is 2.52. The van der Waals surface area contributed by atoms with E-state index in [1.807, 2.05) is 19.1 Å². The number of carbonyl (C=O) groups excluding carboxylic acids is 1. The quantitative estimate of drug-likeness (QED) is 0.861. The molecule has 1 fully saturated rings. The minimum atomic E-state index is -0.278. The van der Waals surface area contributed by atoms with E-state index in [4.69, 9.17) is 0 Å². The van der Waals surface area contributed by atoms with Crippen molar-refractivity contribution in [3.8, 4) is 0 Å². The zero-order valence-corrected chi connectivity index (χ0v) is 11.1. The Morgan fingerprint density at radius 3 is 2.82 bits per heavy atom. The molecule has 1 unspecified atom stereocenters. The number of thiophene rings is 1. The summed E-state index contributed by atoms with van der Waals surface area (Å²) in [5.41, 5.74) is 0. The molecule has 0 saturated carbocycles. The van der Waals surface area contributed by atoms with Crippen LogP contribution < -0.4 is 10.6 Å². The molecule has 17 heavy (non-hydrogen) atoms. The maximum absolute atomic E-state index is 11.8. The summed E-state index contributed by atoms with van der Waals surface area (Å²) in [6.07, 6.45) is 0. The minimum Gasteiger partial charge on any atom is -0.340 e. The van der Waals surface area contributed by atoms with E-state index in [-0.39, 0.29) is 11.9 Å². The van der Waals surface area contributed by atoms with Crippen molar-refractivity contribution >= 4 is 23.2 Å². The Bertz CT molecular complexity index is 450. The van der Waals surface area contributed by atoms with Gasteiger partial charge in [-0.2, -0.15) is 0 Å². The van der Waals surface area contributed by atoms with E-state index in [9.17, 15) is 4.79 Å². The Morgan fingerprint density at radius 1 is 1.47 bits per heavy atom. The van der Waals surface area contributed by atoms with Crippen molar-refractivity contribution in [2.24, 2.45) is 10.9 Å². The number of hydrogen-bond donors (Lipinski definition) is 2. The Labute approximate surface area is 105 Å². The van der Waals surface area contributed by atoms with E-state index in [0.29, 0.717) is 11.9 Å². The molecule has 0 radical (unpaired) electrons. The number of carbonyl (C=O) groups is 1. The lowest BCUT2D eigenvalue weighted by molar-refractivity contribution is -0.120. The van der Waals surface area contributed by atoms with Crippen LogP contribution in [0, 0.1) is 12.8 Å². The highest BCUT2D eigenvalue weighted by Crippen LogP contribution is 2.24. The number of rotatable bonds is 3. The van der Waals surface area contributed by atoms with Gasteiger partial charge in [-0.3, -0.25) is 15.1 Å². The van der Waals surface area contributed by atoms with Crippen molar-refractivity contribution in [2.45, 2.75) is 26.8 Å². The van der Waals surface area contributed by atoms with Gasteiger partial charge < -0.3 is 5.32 Å². The normalized spacial score (nSPS) is 22.0. The van der Waals surface area contributed by atoms with Crippen molar-refractivity contribution in [3.63, 3.8) is 0 Å². The maximum atomic E-state index is 11.8. The van der Waals surface area contributed by atoms with Crippen LogP contribution in [0.5, 0.6) is 0 Å². The first-order valence-corrected chi connectivity index (χ1v) is 6.56. The molecule has 1 aromatic heterocycles. The largest absolute Gasteiger partial charge is 0.340 e. The highest BCUT2D eigenvalue weighted by Gasteiger charge is 2.30. The van der Waals surface area contributed by atoms with Crippen LogP contribution in [-0.2, 0) is 4.79 Å². The molecule has 0 aliphatic carbocycles. The predicted molar refractivity (Wildman–Crippen MR) is 70.2 cm³/mol. The lowest BCUT2D eigenvalue weighted by Crippen LogP contribution is -2.26. The van der Waals surface area contributed by atoms with Gasteiger partial charge in [-0.05, 0) is 25.0 Å². The van der Waals surface area contributed by atoms with Crippen molar-refractivity contribution in [3.05, 3.63) is 21.9 Å². The van der Waals surface area contributed by atoms with E-state index in [0.717, 1.165) is 11.4 Å². The average molecular weight is 251 g/mol. The van der Waals surface area contributed by atoms with Gasteiger partial charge in [0.1, 0.15) is 6.04 Å². The van der Waals surface area contributed by atoms with E-state index < -0.39 is 0 Å². The van der Waals surface area contributed by atoms with Gasteiger partial charge in [-0.1, -0.05) is 13.8 Å². The van der Waals surface area contributed by atoms with Crippen LogP contribution in [0.3, 0.4) is 0 Å². The van der Waals surface area contributed by atoms with Crippen LogP contribution in [0.1, 0.15) is 29.6 Å². The van der Waals surface area contributed by atoms with Crippen LogP contribution in [0.2, 0.25) is 0 Å². The summed E-state index contributed by atoms with van der Waals surface area (Å²) < 4.78 is 0. The molecule has 1 amide bonds. The maximum Gasteiger partial charge on any atom is 0.254 e. The number of nitrogens with zero attached hydrogens (tertiary/aromatic N) is 1. The van der Waals surface area contributed by atoms with E-state index in [2.05, 4.69) is 29.5 Å². The van der Waals surface area contributed by atoms with E-state index in [1.54, 1.807) is 11.3 Å². The van der Waals surface area contributed by atoms with Gasteiger partial charge in [-0.15, -0.1) is 11.3 Å². The number of hydrogen-bond acceptors (Lipinski definition) is 3. The summed E-state index contributed by atoms with van der Waals surface area (Å²) >= 11 is 1.64. The first-order valence-electron chi connectivity index (χ1n) is 5.74. The highest BCUT2D eigenvalue weighted by atomic mass is 32.1. The van der Waals surface area contributed by atoms with Gasteiger partial charge >= 0.3 is 0 Å². The van der Waals surface area contributed by atoms with Gasteiger partial charge in [-0.25, -0.2) is 0 Å². The summed E-state index contributed by atoms with van der Waals surface area (Å²) in [5.74, 6) is 1.07. The summed E-state index contributed by atoms with van der Waals surface area (Å²) in [7, 11) is 0. The Hall–Kier alpha value is -1.36. The SMILES string of the molecule is Cc1ccc(C2NC(=NCC(C)C)NC2=O)s1. The van der Waals surface area contributed by atoms with Crippen LogP contribution in [0.25, 0.3) is 0 Å². The molecule has 2 N–H and O–H groups in total. The summed E-state index contributed by atoms with van der Waals surface area (Å²) in [6.45, 7) is 6.95. The number of aryl methyl sites for hydroxylation is 1. The molecule has 1 atom stereocenters. The van der Waals surface area contributed by atoms with Gasteiger partial charge in [0.05, 0.1) is 0 Å². The molecule has 0 bridgehead atoms. The summed E-state index contributed by atoms with van der Waals surface area (Å²) in [4.78, 5) is 18.4. The zero-order chi connectivity index (χ0) is 12.4. The van der Waals surface area contributed by atoms with Gasteiger partial charge in [0.15, 0.2) is 5.96 Å². The summed E-state index contributed by atoms with van der Waals surface area (Å²) in [6, 6.07) is 3.74. The molecular formula is C12H17N3OS. The van der Waals surface area contributed by atoms with Crippen LogP contribution in [-0.4, -0.2) is 18.4 Å². The van der Waals surface area contributed by atoms with Crippen molar-refractivity contribution in [1.29, 1.82) is 0 Å². The predicted octanol–water partition coefficient (Wildman–Crippen LogP) is 1.83. The smallest absolute Gasteiger partial charge is 0.254 e. The molecule has 4 nitrogen and oxygen atoms in total. The van der Waals surface area contributed by atoms with Gasteiger partial charge in [0, 0.05) is 16.3 Å². The molecular weight excluding hydrogens is 234 g/mol. The third kappa shape index (κ3) is 2.85. The Balaban J connectivity index is 2.07. The monoisotopic (exact) mass is 251 g/mol. The molecule has 2 rings (SSSR count). The number of aliphatic imine (C=N–C) groups is 1. The first kappa shape index (κ1) is 12.1. The molecule has 0 spiro atoms. The molecule has 0 aromatic carbocycles. The third-order valence-electron chi connectivity index (χ3n) is 2.45. The molecule has 5 heteroatoms. The fourth-order valence-electron chi connectivity index (χ4n) is 1.60. The molecule has 1 aromatic rings. The number of nitrogens with one attached hydrogen (secondary N) is 2. The molecule has 1 saturated heterocycles. The van der Waals surface area contributed by atoms with Crippen LogP contribution in [0.15, 0.2) is 17.1 Å². The fraction of sp³-hybridized carbons (Fsp3) is 0.500. The van der Waals surface area contributed by atoms with Crippen LogP contribution in [0.4, 0.5) is 0 Å². The number of amides is 1. The van der Waals surface area contributed by atoms with Crippen molar-refractivity contribution in [2.75, 3.05) is 6.54 Å². The molecule has 92 valence electrons. The third-order valence-corrected chi connectivity index (χ3v) is 3.51. The lowest BCUT2D eigenvalue weighted by Gasteiger charge is -2.04. The van der Waals surface area contributed by atoms with E-state index >= 15 is 0 Å². The van der Waals surface area contributed by atoms with Crippen LogP contribution >= 0.6 is 11.3 Å². The Kier molecular flexibility index (Phi) is 3.47. The lowest BCUT2D eigenvalue weighted by atomic mass is 10.2. The first-order chi connectivity index (χ1) is 8.06. The molecule has 2 heterocycles. The standard InChI is InChI=1S/C12H17N3OS/c1-7(2)6-13-12-14-10(11(16)15-12)9-5-4-8(3)17-9/h4-5,7,10H,6H2,1-3H3,(H2,13,14,15,16).